The minimum absolute atomic E-state index is 0.0605. The van der Waals surface area contributed by atoms with Crippen molar-refractivity contribution >= 4 is 15.7 Å². The summed E-state index contributed by atoms with van der Waals surface area (Å²) >= 11 is 0. The molecule has 4 rings (SSSR count). The second-order valence-electron chi connectivity index (χ2n) is 7.21. The van der Waals surface area contributed by atoms with Gasteiger partial charge in [-0.25, -0.2) is 8.42 Å². The molecule has 29 heavy (non-hydrogen) atoms. The number of H-pyrrole nitrogens is 1. The van der Waals surface area contributed by atoms with Crippen LogP contribution in [-0.2, 0) is 16.4 Å². The highest BCUT2D eigenvalue weighted by Crippen LogP contribution is 2.31. The first-order chi connectivity index (χ1) is 13.8. The van der Waals surface area contributed by atoms with Gasteiger partial charge in [0.05, 0.1) is 30.0 Å². The van der Waals surface area contributed by atoms with Crippen LogP contribution in [0.2, 0.25) is 0 Å². The van der Waals surface area contributed by atoms with E-state index in [0.717, 1.165) is 0 Å². The Morgan fingerprint density at radius 1 is 1.34 bits per heavy atom. The fraction of sp³-hybridized carbons (Fsp3) is 0.300. The number of carbonyl (C=O) groups is 1. The lowest BCUT2D eigenvalue weighted by Gasteiger charge is -2.26. The van der Waals surface area contributed by atoms with E-state index in [9.17, 15) is 18.3 Å². The number of nitrogens with one attached hydrogen (secondary N) is 1. The van der Waals surface area contributed by atoms with Gasteiger partial charge in [-0.05, 0) is 43.2 Å². The van der Waals surface area contributed by atoms with E-state index in [4.69, 9.17) is 4.42 Å². The van der Waals surface area contributed by atoms with Crippen molar-refractivity contribution in [3.63, 3.8) is 0 Å². The number of sulfone groups is 1. The van der Waals surface area contributed by atoms with Gasteiger partial charge in [0, 0.05) is 11.6 Å². The third-order valence-electron chi connectivity index (χ3n) is 5.14. The summed E-state index contributed by atoms with van der Waals surface area (Å²) in [5, 5.41) is 17.2. The van der Waals surface area contributed by atoms with Gasteiger partial charge in [0.25, 0.3) is 5.91 Å². The molecule has 0 saturated carbocycles. The lowest BCUT2D eigenvalue weighted by atomic mass is 10.1. The van der Waals surface area contributed by atoms with Gasteiger partial charge in [0.1, 0.15) is 17.2 Å². The summed E-state index contributed by atoms with van der Waals surface area (Å²) in [5.74, 6) is 0.296. The monoisotopic (exact) mass is 415 g/mol. The lowest BCUT2D eigenvalue weighted by molar-refractivity contribution is 0.0660. The molecule has 0 bridgehead atoms. The van der Waals surface area contributed by atoms with E-state index in [-0.39, 0.29) is 35.4 Å². The van der Waals surface area contributed by atoms with Crippen molar-refractivity contribution in [2.75, 3.05) is 11.5 Å². The van der Waals surface area contributed by atoms with Crippen molar-refractivity contribution in [3.8, 4) is 17.0 Å². The number of amides is 1. The van der Waals surface area contributed by atoms with Gasteiger partial charge in [0.2, 0.25) is 0 Å². The molecule has 1 atom stereocenters. The highest BCUT2D eigenvalue weighted by molar-refractivity contribution is 7.91. The minimum Gasteiger partial charge on any atom is -0.507 e. The SMILES string of the molecule is Cc1cccc(-c2cc(C(=O)N(Cc3ccco3)[C@H]3CCS(=O)(=O)C3)[nH]n2)c1O. The van der Waals surface area contributed by atoms with E-state index >= 15 is 0 Å². The molecule has 3 heterocycles. The third-order valence-corrected chi connectivity index (χ3v) is 6.89. The summed E-state index contributed by atoms with van der Waals surface area (Å²) in [4.78, 5) is 14.7. The number of phenolic OH excluding ortho intramolecular Hbond substituents is 1. The number of carbonyl (C=O) groups excluding carboxylic acids is 1. The largest absolute Gasteiger partial charge is 0.507 e. The zero-order chi connectivity index (χ0) is 20.6. The van der Waals surface area contributed by atoms with E-state index in [0.29, 0.717) is 29.0 Å². The molecule has 1 fully saturated rings. The molecule has 1 aliphatic heterocycles. The van der Waals surface area contributed by atoms with Gasteiger partial charge in [-0.2, -0.15) is 5.10 Å². The van der Waals surface area contributed by atoms with Crippen LogP contribution in [0.1, 0.15) is 28.2 Å². The fourth-order valence-electron chi connectivity index (χ4n) is 3.55. The maximum atomic E-state index is 13.2. The molecule has 3 aromatic rings. The van der Waals surface area contributed by atoms with Gasteiger partial charge in [0.15, 0.2) is 9.84 Å². The molecule has 0 radical (unpaired) electrons. The smallest absolute Gasteiger partial charge is 0.272 e. The number of rotatable bonds is 5. The Hall–Kier alpha value is -3.07. The Morgan fingerprint density at radius 3 is 2.86 bits per heavy atom. The van der Waals surface area contributed by atoms with Crippen LogP contribution in [0.25, 0.3) is 11.3 Å². The average molecular weight is 415 g/mol. The summed E-state index contributed by atoms with van der Waals surface area (Å²) in [6.07, 6.45) is 1.90. The van der Waals surface area contributed by atoms with Gasteiger partial charge >= 0.3 is 0 Å². The summed E-state index contributed by atoms with van der Waals surface area (Å²) < 4.78 is 29.3. The quantitative estimate of drug-likeness (QED) is 0.661. The standard InChI is InChI=1S/C20H21N3O5S/c1-13-4-2-6-16(19(13)24)17-10-18(22-21-17)20(25)23(11-15-5-3-8-28-15)14-7-9-29(26,27)12-14/h2-6,8,10,14,24H,7,9,11-12H2,1H3,(H,21,22)/t14-/m0/s1. The molecule has 0 aliphatic carbocycles. The maximum Gasteiger partial charge on any atom is 0.272 e. The highest BCUT2D eigenvalue weighted by Gasteiger charge is 2.36. The van der Waals surface area contributed by atoms with Crippen molar-refractivity contribution < 1.29 is 22.7 Å². The molecule has 2 aromatic heterocycles. The fourth-order valence-corrected chi connectivity index (χ4v) is 5.28. The molecule has 1 aliphatic rings. The van der Waals surface area contributed by atoms with Crippen molar-refractivity contribution in [3.05, 3.63) is 59.7 Å². The lowest BCUT2D eigenvalue weighted by Crippen LogP contribution is -2.40. The van der Waals surface area contributed by atoms with Crippen molar-refractivity contribution in [2.45, 2.75) is 25.9 Å². The number of aromatic hydroxyl groups is 1. The number of aromatic amines is 1. The van der Waals surface area contributed by atoms with Gasteiger partial charge in [-0.15, -0.1) is 0 Å². The van der Waals surface area contributed by atoms with Crippen LogP contribution < -0.4 is 0 Å². The normalized spacial score (nSPS) is 18.0. The average Bonchev–Trinajstić information content (AvgIpc) is 3.42. The molecule has 1 saturated heterocycles. The molecule has 0 spiro atoms. The van der Waals surface area contributed by atoms with Crippen LogP contribution >= 0.6 is 0 Å². The summed E-state index contributed by atoms with van der Waals surface area (Å²) in [6.45, 7) is 1.94. The van der Waals surface area contributed by atoms with E-state index in [1.54, 1.807) is 43.3 Å². The number of furan rings is 1. The molecule has 8 nitrogen and oxygen atoms in total. The van der Waals surface area contributed by atoms with E-state index < -0.39 is 15.9 Å². The van der Waals surface area contributed by atoms with E-state index in [1.807, 2.05) is 0 Å². The number of phenols is 1. The van der Waals surface area contributed by atoms with E-state index in [1.165, 1.54) is 11.2 Å². The van der Waals surface area contributed by atoms with Crippen LogP contribution in [0.4, 0.5) is 0 Å². The minimum atomic E-state index is -3.17. The van der Waals surface area contributed by atoms with Crippen molar-refractivity contribution in [1.82, 2.24) is 15.1 Å². The zero-order valence-electron chi connectivity index (χ0n) is 15.8. The van der Waals surface area contributed by atoms with Gasteiger partial charge in [-0.1, -0.05) is 12.1 Å². The first-order valence-corrected chi connectivity index (χ1v) is 11.0. The van der Waals surface area contributed by atoms with Crippen LogP contribution in [0.15, 0.2) is 47.1 Å². The van der Waals surface area contributed by atoms with Gasteiger partial charge in [-0.3, -0.25) is 9.89 Å². The van der Waals surface area contributed by atoms with Crippen LogP contribution in [0.5, 0.6) is 5.75 Å². The molecule has 0 unspecified atom stereocenters. The van der Waals surface area contributed by atoms with E-state index in [2.05, 4.69) is 10.2 Å². The summed E-state index contributed by atoms with van der Waals surface area (Å²) in [7, 11) is -3.17. The highest BCUT2D eigenvalue weighted by atomic mass is 32.2. The molecular weight excluding hydrogens is 394 g/mol. The van der Waals surface area contributed by atoms with Crippen molar-refractivity contribution in [2.24, 2.45) is 0 Å². The number of aromatic nitrogens is 2. The molecular formula is C20H21N3O5S. The number of aryl methyl sites for hydroxylation is 1. The predicted octanol–water partition coefficient (Wildman–Crippen LogP) is 2.51. The van der Waals surface area contributed by atoms with Crippen LogP contribution in [-0.4, -0.2) is 52.1 Å². The molecule has 9 heteroatoms. The first kappa shape index (κ1) is 19.3. The summed E-state index contributed by atoms with van der Waals surface area (Å²) in [5.41, 5.74) is 1.87. The van der Waals surface area contributed by atoms with Gasteiger partial charge < -0.3 is 14.4 Å². The molecule has 1 aromatic carbocycles. The number of para-hydroxylation sites is 1. The third kappa shape index (κ3) is 3.91. The Balaban J connectivity index is 1.64. The van der Waals surface area contributed by atoms with Crippen LogP contribution in [0, 0.1) is 6.92 Å². The molecule has 152 valence electrons. The predicted molar refractivity (Wildman–Crippen MR) is 106 cm³/mol. The molecule has 2 N–H and O–H groups in total. The first-order valence-electron chi connectivity index (χ1n) is 9.22. The zero-order valence-corrected chi connectivity index (χ0v) is 16.6. The van der Waals surface area contributed by atoms with Crippen LogP contribution in [0.3, 0.4) is 0 Å². The molecule has 1 amide bonds. The second kappa shape index (κ2) is 7.40. The summed E-state index contributed by atoms with van der Waals surface area (Å²) in [6, 6.07) is 9.89. The number of benzene rings is 1. The number of hydrogen-bond donors (Lipinski definition) is 2. The van der Waals surface area contributed by atoms with Crippen molar-refractivity contribution in [1.29, 1.82) is 0 Å². The Labute approximate surface area is 168 Å². The Kier molecular flexibility index (Phi) is 4.91. The Morgan fingerprint density at radius 2 is 2.17 bits per heavy atom. The number of nitrogens with zero attached hydrogens (tertiary/aromatic N) is 2. The maximum absolute atomic E-state index is 13.2. The second-order valence-corrected chi connectivity index (χ2v) is 9.44. The Bertz CT molecular complexity index is 1130. The topological polar surface area (TPSA) is 116 Å². The number of hydrogen-bond acceptors (Lipinski definition) is 6.